The number of β-amino-alcohol motifs (C(OH)–C–C–N with tert-alkyl or cyclic N) is 1. The lowest BCUT2D eigenvalue weighted by molar-refractivity contribution is -0.00397. The smallest absolute Gasteiger partial charge is 0.335 e. The van der Waals surface area contributed by atoms with Crippen LogP contribution in [0.3, 0.4) is 0 Å². The minimum atomic E-state index is -0.937. The van der Waals surface area contributed by atoms with Gasteiger partial charge in [-0.15, -0.1) is 0 Å². The van der Waals surface area contributed by atoms with Gasteiger partial charge in [-0.3, -0.25) is 0 Å². The molecular weight excluding hydrogens is 493 g/mol. The van der Waals surface area contributed by atoms with E-state index in [0.717, 1.165) is 27.8 Å². The second-order valence-electron chi connectivity index (χ2n) is 12.1. The van der Waals surface area contributed by atoms with Crippen LogP contribution in [0.1, 0.15) is 80.3 Å². The van der Waals surface area contributed by atoms with Crippen LogP contribution >= 0.6 is 0 Å². The van der Waals surface area contributed by atoms with Gasteiger partial charge in [0.2, 0.25) is 0 Å². The second-order valence-corrected chi connectivity index (χ2v) is 12.1. The summed E-state index contributed by atoms with van der Waals surface area (Å²) in [5, 5.41) is 23.7. The fourth-order valence-electron chi connectivity index (χ4n) is 4.75. The number of carbonyl (C=O) groups is 1. The summed E-state index contributed by atoms with van der Waals surface area (Å²) in [4.78, 5) is 11.8. The maximum atomic E-state index is 13.9. The molecule has 6 heteroatoms. The van der Waals surface area contributed by atoms with Gasteiger partial charge in [-0.05, 0) is 91.1 Å². The molecule has 1 unspecified atom stereocenters. The van der Waals surface area contributed by atoms with Crippen LogP contribution in [0.25, 0.3) is 11.1 Å². The second kappa shape index (κ2) is 12.4. The average molecular weight is 536 g/mol. The Balaban J connectivity index is 1.66. The Morgan fingerprint density at radius 3 is 2.36 bits per heavy atom. The third-order valence-corrected chi connectivity index (χ3v) is 7.00. The number of benzene rings is 3. The van der Waals surface area contributed by atoms with Crippen molar-refractivity contribution in [2.45, 2.75) is 78.0 Å². The third kappa shape index (κ3) is 8.21. The molecule has 0 amide bonds. The van der Waals surface area contributed by atoms with E-state index in [1.807, 2.05) is 84.0 Å². The monoisotopic (exact) mass is 535 g/mol. The number of rotatable bonds is 11. The summed E-state index contributed by atoms with van der Waals surface area (Å²) in [7, 11) is 0. The minimum Gasteiger partial charge on any atom is -0.478 e. The van der Waals surface area contributed by atoms with Crippen molar-refractivity contribution < 1.29 is 24.1 Å². The van der Waals surface area contributed by atoms with Crippen molar-refractivity contribution in [3.63, 3.8) is 0 Å². The molecule has 3 aromatic rings. The van der Waals surface area contributed by atoms with Gasteiger partial charge < -0.3 is 20.3 Å². The van der Waals surface area contributed by atoms with Crippen LogP contribution in [-0.2, 0) is 16.6 Å². The summed E-state index contributed by atoms with van der Waals surface area (Å²) in [5.74, 6) is -1.15. The van der Waals surface area contributed by atoms with Crippen LogP contribution in [0.4, 0.5) is 4.39 Å². The molecule has 0 spiro atoms. The molecule has 3 N–H and O–H groups in total. The Morgan fingerprint density at radius 1 is 1.03 bits per heavy atom. The molecule has 210 valence electrons. The highest BCUT2D eigenvalue weighted by Crippen LogP contribution is 2.34. The molecule has 0 radical (unpaired) electrons. The van der Waals surface area contributed by atoms with Gasteiger partial charge in [-0.1, -0.05) is 63.2 Å². The number of aliphatic hydroxyl groups is 1. The number of halogens is 1. The van der Waals surface area contributed by atoms with Crippen molar-refractivity contribution >= 4 is 5.97 Å². The lowest BCUT2D eigenvalue weighted by Gasteiger charge is -2.28. The molecule has 0 aliphatic heterocycles. The van der Waals surface area contributed by atoms with Gasteiger partial charge in [0.25, 0.3) is 0 Å². The van der Waals surface area contributed by atoms with E-state index in [9.17, 15) is 19.4 Å². The highest BCUT2D eigenvalue weighted by molar-refractivity contribution is 5.91. The van der Waals surface area contributed by atoms with E-state index in [1.165, 1.54) is 0 Å². The van der Waals surface area contributed by atoms with E-state index in [0.29, 0.717) is 24.1 Å². The summed E-state index contributed by atoms with van der Waals surface area (Å²) >= 11 is 0. The molecule has 0 aromatic heterocycles. The fourth-order valence-corrected chi connectivity index (χ4v) is 4.75. The van der Waals surface area contributed by atoms with Gasteiger partial charge in [0.15, 0.2) is 0 Å². The molecule has 0 heterocycles. The fraction of sp³-hybridized carbons (Fsp3) is 0.424. The quantitative estimate of drug-likeness (QED) is 0.250. The van der Waals surface area contributed by atoms with Crippen molar-refractivity contribution in [3.05, 3.63) is 94.3 Å². The van der Waals surface area contributed by atoms with Crippen molar-refractivity contribution in [1.82, 2.24) is 5.32 Å². The molecule has 0 aliphatic rings. The first-order valence-corrected chi connectivity index (χ1v) is 13.4. The average Bonchev–Trinajstić information content (AvgIpc) is 2.87. The van der Waals surface area contributed by atoms with Crippen LogP contribution in [0.5, 0.6) is 0 Å². The van der Waals surface area contributed by atoms with Gasteiger partial charge >= 0.3 is 5.97 Å². The van der Waals surface area contributed by atoms with Crippen LogP contribution in [-0.4, -0.2) is 41.0 Å². The van der Waals surface area contributed by atoms with Crippen LogP contribution in [0.2, 0.25) is 0 Å². The van der Waals surface area contributed by atoms with Gasteiger partial charge in [0, 0.05) is 12.1 Å². The van der Waals surface area contributed by atoms with E-state index >= 15 is 0 Å². The Kier molecular flexibility index (Phi) is 9.70. The lowest BCUT2D eigenvalue weighted by atomic mass is 9.81. The number of aromatic carboxylic acids is 1. The predicted molar refractivity (Wildman–Crippen MR) is 155 cm³/mol. The Bertz CT molecular complexity index is 1300. The number of ether oxygens (including phenoxy) is 1. The number of hydrogen-bond acceptors (Lipinski definition) is 4. The maximum Gasteiger partial charge on any atom is 0.335 e. The van der Waals surface area contributed by atoms with Crippen LogP contribution in [0.15, 0.2) is 60.7 Å². The van der Waals surface area contributed by atoms with E-state index < -0.39 is 12.1 Å². The van der Waals surface area contributed by atoms with Gasteiger partial charge in [0.05, 0.1) is 24.4 Å². The zero-order valence-corrected chi connectivity index (χ0v) is 24.1. The summed E-state index contributed by atoms with van der Waals surface area (Å²) < 4.78 is 20.0. The normalized spacial score (nSPS) is 13.8. The first kappa shape index (κ1) is 30.5. The molecule has 39 heavy (non-hydrogen) atoms. The summed E-state index contributed by atoms with van der Waals surface area (Å²) in [5.41, 5.74) is 4.78. The van der Waals surface area contributed by atoms with E-state index in [2.05, 4.69) is 5.32 Å². The predicted octanol–water partition coefficient (Wildman–Crippen LogP) is 6.85. The van der Waals surface area contributed by atoms with Crippen LogP contribution < -0.4 is 5.32 Å². The number of aliphatic hydroxyl groups excluding tert-OH is 1. The maximum absolute atomic E-state index is 13.9. The highest BCUT2D eigenvalue weighted by atomic mass is 19.1. The number of hydrogen-bond donors (Lipinski definition) is 3. The summed E-state index contributed by atoms with van der Waals surface area (Å²) in [6, 6.07) is 18.6. The molecule has 0 saturated carbocycles. The van der Waals surface area contributed by atoms with Gasteiger partial charge in [-0.2, -0.15) is 0 Å². The Hall–Kier alpha value is -3.06. The topological polar surface area (TPSA) is 78.8 Å². The Morgan fingerprint density at radius 2 is 1.72 bits per heavy atom. The molecule has 3 aromatic carbocycles. The molecule has 3 rings (SSSR count). The minimum absolute atomic E-state index is 0.142. The summed E-state index contributed by atoms with van der Waals surface area (Å²) in [6.07, 6.45) is -0.397. The third-order valence-electron chi connectivity index (χ3n) is 7.00. The van der Waals surface area contributed by atoms with Gasteiger partial charge in [-0.25, -0.2) is 9.18 Å². The largest absolute Gasteiger partial charge is 0.478 e. The number of aryl methyl sites for hydroxylation is 1. The first-order valence-electron chi connectivity index (χ1n) is 13.4. The number of carboxylic acid groups (broad SMARTS) is 1. The molecule has 0 bridgehead atoms. The van der Waals surface area contributed by atoms with E-state index in [-0.39, 0.29) is 29.5 Å². The van der Waals surface area contributed by atoms with Crippen molar-refractivity contribution in [2.24, 2.45) is 0 Å². The zero-order valence-electron chi connectivity index (χ0n) is 24.1. The van der Waals surface area contributed by atoms with Crippen molar-refractivity contribution in [3.8, 4) is 11.1 Å². The van der Waals surface area contributed by atoms with Crippen molar-refractivity contribution in [1.29, 1.82) is 0 Å². The number of nitrogens with one attached hydrogen (secondary N) is 1. The first-order chi connectivity index (χ1) is 18.2. The molecule has 0 saturated heterocycles. The molecule has 0 fully saturated rings. The molecule has 2 atom stereocenters. The van der Waals surface area contributed by atoms with Gasteiger partial charge in [0.1, 0.15) is 5.82 Å². The van der Waals surface area contributed by atoms with Crippen molar-refractivity contribution in [2.75, 3.05) is 13.2 Å². The lowest BCUT2D eigenvalue weighted by Crippen LogP contribution is -2.46. The molecular formula is C33H42FNO4. The van der Waals surface area contributed by atoms with E-state index in [1.54, 1.807) is 25.1 Å². The SMILES string of the molecule is Cc1ccc(CC(C)(C)NC[C@@H](O)COC(C)c2ccccc2-c2ccc(C(=O)O)c(C(C)(C)C)c2)cc1F. The molecule has 0 aliphatic carbocycles. The Labute approximate surface area is 232 Å². The highest BCUT2D eigenvalue weighted by Gasteiger charge is 2.24. The molecule has 5 nitrogen and oxygen atoms in total. The van der Waals surface area contributed by atoms with Crippen LogP contribution in [0, 0.1) is 12.7 Å². The zero-order chi connectivity index (χ0) is 29.0. The standard InChI is InChI=1S/C33H42FNO4/c1-21-12-13-23(16-30(21)34)18-33(6,7)35-19-25(36)20-39-22(2)26-10-8-9-11-27(26)24-14-15-28(31(37)38)29(17-24)32(3,4)5/h8-17,22,25,35-36H,18-20H2,1-7H3,(H,37,38)/t22?,25-/m1/s1. The van der Waals surface area contributed by atoms with E-state index in [4.69, 9.17) is 4.74 Å². The summed E-state index contributed by atoms with van der Waals surface area (Å²) in [6.45, 7) is 14.2. The number of carboxylic acids is 1.